The van der Waals surface area contributed by atoms with Crippen LogP contribution in [0.25, 0.3) is 99.8 Å². The van der Waals surface area contributed by atoms with Gasteiger partial charge in [-0.2, -0.15) is 0 Å². The molecule has 6 heteroatoms. The van der Waals surface area contributed by atoms with Crippen molar-refractivity contribution in [3.05, 3.63) is 242 Å². The predicted octanol–water partition coefficient (Wildman–Crippen LogP) is 14.7. The van der Waals surface area contributed by atoms with E-state index in [-0.39, 0.29) is 57.7 Å². The molecule has 0 unspecified atom stereocenters. The maximum Gasteiger partial charge on any atom is 0.269 e. The lowest BCUT2D eigenvalue weighted by atomic mass is 9.95. The van der Waals surface area contributed by atoms with Gasteiger partial charge in [-0.3, -0.25) is 13.7 Å². The zero-order valence-corrected chi connectivity index (χ0v) is 35.9. The van der Waals surface area contributed by atoms with Crippen molar-refractivity contribution in [3.63, 3.8) is 0 Å². The van der Waals surface area contributed by atoms with Gasteiger partial charge in [0.05, 0.1) is 56.8 Å². The number of aromatic nitrogens is 5. The summed E-state index contributed by atoms with van der Waals surface area (Å²) in [6, 6.07) is 51.7. The molecule has 0 atom stereocenters. The third kappa shape index (κ3) is 6.41. The highest BCUT2D eigenvalue weighted by atomic mass is 16.5. The Bertz CT molecular complexity index is 4440. The predicted molar refractivity (Wildman–Crippen MR) is 272 cm³/mol. The average molecular weight is 869 g/mol. The lowest BCUT2D eigenvalue weighted by Gasteiger charge is -2.17. The molecule has 6 nitrogen and oxygen atoms in total. The van der Waals surface area contributed by atoms with Crippen LogP contribution in [-0.4, -0.2) is 18.7 Å². The van der Waals surface area contributed by atoms with E-state index in [1.807, 2.05) is 102 Å². The summed E-state index contributed by atoms with van der Waals surface area (Å²) in [5, 5.41) is 4.26. The number of imidazole rings is 1. The second-order valence-electron chi connectivity index (χ2n) is 16.3. The fourth-order valence-corrected chi connectivity index (χ4v) is 9.48. The molecule has 13 rings (SSSR count). The number of para-hydroxylation sites is 6. The van der Waals surface area contributed by atoms with Gasteiger partial charge in [0.25, 0.3) is 6.33 Å². The second kappa shape index (κ2) is 15.6. The largest absolute Gasteiger partial charge is 0.458 e. The Morgan fingerprint density at radius 3 is 1.99 bits per heavy atom. The van der Waals surface area contributed by atoms with Crippen LogP contribution < -0.4 is 9.30 Å². The summed E-state index contributed by atoms with van der Waals surface area (Å²) in [4.78, 5) is 5.12. The topological polar surface area (TPSA) is 40.8 Å². The molecule has 0 saturated carbocycles. The van der Waals surface area contributed by atoms with Crippen LogP contribution >= 0.6 is 0 Å². The molecule has 0 aliphatic carbocycles. The number of hydrogen-bond acceptors (Lipinski definition) is 2. The molecule has 13 aromatic rings. The van der Waals surface area contributed by atoms with E-state index in [1.165, 1.54) is 0 Å². The van der Waals surface area contributed by atoms with Gasteiger partial charge in [-0.25, -0.2) is 4.98 Å². The molecule has 0 saturated heterocycles. The van der Waals surface area contributed by atoms with Crippen LogP contribution in [0.15, 0.2) is 230 Å². The monoisotopic (exact) mass is 868 g/mol. The van der Waals surface area contributed by atoms with Gasteiger partial charge in [-0.05, 0) is 83.8 Å². The summed E-state index contributed by atoms with van der Waals surface area (Å²) in [6.45, 7) is 1.56. The van der Waals surface area contributed by atoms with E-state index in [2.05, 4.69) is 76.1 Å². The van der Waals surface area contributed by atoms with E-state index in [0.717, 1.165) is 55.1 Å². The quantitative estimate of drug-likeness (QED) is 0.113. The van der Waals surface area contributed by atoms with Crippen molar-refractivity contribution in [1.29, 1.82) is 0 Å². The highest BCUT2D eigenvalue weighted by Gasteiger charge is 2.21. The maximum absolute atomic E-state index is 9.23. The molecule has 9 aromatic carbocycles. The summed E-state index contributed by atoms with van der Waals surface area (Å²) in [7, 11) is 0. The smallest absolute Gasteiger partial charge is 0.269 e. The molecule has 0 fully saturated rings. The fraction of sp³-hybridized carbons (Fsp3) is 0.0164. The van der Waals surface area contributed by atoms with E-state index in [1.54, 1.807) is 29.7 Å². The highest BCUT2D eigenvalue weighted by Crippen LogP contribution is 2.39. The minimum atomic E-state index is -0.544. The van der Waals surface area contributed by atoms with E-state index >= 15 is 0 Å². The number of nitrogens with zero attached hydrogens (tertiary/aromatic N) is 5. The highest BCUT2D eigenvalue weighted by molar-refractivity contribution is 6.11. The lowest BCUT2D eigenvalue weighted by Crippen LogP contribution is -2.31. The standard InChI is InChI=1S/C61H41N5O/c1-41-17-14-20-43(35-41)49-28-16-27-48(42-18-4-2-5-19-42)61(49)64-40-63(56-31-12-13-32-57(56)64)45-23-15-24-46(36-45)67-47-33-34-52-50-25-8-11-30-55(50)66(58(52)37-47)60-38-59-53(39-62-60)51-26-9-10-29-54(51)65(59)44-21-6-3-7-22-44/h2-39H,1H3/i2D,4D,5D,14D,17D,18D,19D,20D,35D. The van der Waals surface area contributed by atoms with Crippen LogP contribution in [-0.2, 0) is 0 Å². The van der Waals surface area contributed by atoms with Crippen LogP contribution in [0, 0.1) is 13.3 Å². The van der Waals surface area contributed by atoms with Crippen molar-refractivity contribution in [3.8, 4) is 56.6 Å². The average Bonchev–Trinajstić information content (AvgIpc) is 4.23. The summed E-state index contributed by atoms with van der Waals surface area (Å²) in [6.07, 6.45) is 5.46. The first kappa shape index (κ1) is 30.2. The van der Waals surface area contributed by atoms with E-state index in [0.29, 0.717) is 28.2 Å². The normalized spacial score (nSPS) is 13.5. The van der Waals surface area contributed by atoms with Crippen molar-refractivity contribution in [2.45, 2.75) is 6.92 Å². The maximum atomic E-state index is 9.23. The van der Waals surface area contributed by atoms with Crippen LogP contribution in [0.4, 0.5) is 0 Å². The summed E-state index contributed by atoms with van der Waals surface area (Å²) >= 11 is 0. The van der Waals surface area contributed by atoms with Gasteiger partial charge in [0, 0.05) is 45.6 Å². The third-order valence-corrected chi connectivity index (χ3v) is 12.4. The van der Waals surface area contributed by atoms with Crippen molar-refractivity contribution in [1.82, 2.24) is 18.7 Å². The molecule has 0 aliphatic heterocycles. The van der Waals surface area contributed by atoms with Crippen molar-refractivity contribution >= 4 is 54.6 Å². The van der Waals surface area contributed by atoms with Gasteiger partial charge < -0.3 is 9.30 Å². The molecule has 0 bridgehead atoms. The second-order valence-corrected chi connectivity index (χ2v) is 16.3. The molecule has 4 aromatic heterocycles. The Morgan fingerprint density at radius 2 is 1.15 bits per heavy atom. The van der Waals surface area contributed by atoms with Gasteiger partial charge in [-0.15, -0.1) is 0 Å². The molecule has 0 amide bonds. The number of rotatable bonds is 8. The Kier molecular flexibility index (Phi) is 7.04. The van der Waals surface area contributed by atoms with Crippen LogP contribution in [0.5, 0.6) is 11.5 Å². The number of pyridine rings is 1. The molecule has 0 N–H and O–H groups in total. The van der Waals surface area contributed by atoms with E-state index in [4.69, 9.17) is 20.7 Å². The SMILES string of the molecule is [2H]c1c([2H])c([2H])c(-c2cccc(-c3c([2H])c([2H])c([2H])c(C)c3[2H])c2-[n+]2[c-]n(-c3cccc(Oc4ccc5c6ccccc6n(-c6cc7c(cn6)c6ccccc6n7-c6ccccc6)c5c4)c3)c3ccccc32)c([2H])c1[2H]. The van der Waals surface area contributed by atoms with E-state index in [9.17, 15) is 1.37 Å². The lowest BCUT2D eigenvalue weighted by molar-refractivity contribution is -0.571. The Morgan fingerprint density at radius 1 is 0.507 bits per heavy atom. The van der Waals surface area contributed by atoms with Crippen molar-refractivity contribution in [2.75, 3.05) is 0 Å². The van der Waals surface area contributed by atoms with Crippen molar-refractivity contribution in [2.24, 2.45) is 0 Å². The molecule has 0 aliphatic rings. The molecular weight excluding hydrogens is 819 g/mol. The zero-order chi connectivity index (χ0) is 52.3. The van der Waals surface area contributed by atoms with Crippen LogP contribution in [0.1, 0.15) is 17.9 Å². The van der Waals surface area contributed by atoms with Gasteiger partial charge in [-0.1, -0.05) is 163 Å². The van der Waals surface area contributed by atoms with Crippen LogP contribution in [0.2, 0.25) is 0 Å². The van der Waals surface area contributed by atoms with Gasteiger partial charge in [0.1, 0.15) is 17.3 Å². The number of ether oxygens (including phenoxy) is 1. The number of benzene rings is 9. The summed E-state index contributed by atoms with van der Waals surface area (Å²) in [5.74, 6) is 1.86. The minimum Gasteiger partial charge on any atom is -0.458 e. The minimum absolute atomic E-state index is 0.0542. The first-order valence-electron chi connectivity index (χ1n) is 26.4. The molecular formula is C61H41N5O. The fourth-order valence-electron chi connectivity index (χ4n) is 9.48. The van der Waals surface area contributed by atoms with Gasteiger partial charge in [0.15, 0.2) is 0 Å². The van der Waals surface area contributed by atoms with Gasteiger partial charge >= 0.3 is 0 Å². The molecule has 316 valence electrons. The number of fused-ring (bicyclic) bond motifs is 7. The Hall–Kier alpha value is -9.00. The zero-order valence-electron chi connectivity index (χ0n) is 44.9. The summed E-state index contributed by atoms with van der Waals surface area (Å²) < 4.78 is 94.1. The molecule has 67 heavy (non-hydrogen) atoms. The number of hydrogen-bond donors (Lipinski definition) is 0. The third-order valence-electron chi connectivity index (χ3n) is 12.4. The summed E-state index contributed by atoms with van der Waals surface area (Å²) in [5.41, 5.74) is 7.92. The Labute approximate surface area is 399 Å². The molecule has 0 radical (unpaired) electrons. The van der Waals surface area contributed by atoms with Gasteiger partial charge in [0.2, 0.25) is 0 Å². The first-order chi connectivity index (χ1) is 36.9. The first-order valence-corrected chi connectivity index (χ1v) is 21.9. The molecule has 4 heterocycles. The molecule has 0 spiro atoms. The van der Waals surface area contributed by atoms with Crippen LogP contribution in [0.3, 0.4) is 0 Å². The Balaban J connectivity index is 0.957. The van der Waals surface area contributed by atoms with Crippen molar-refractivity contribution < 1.29 is 21.6 Å². The van der Waals surface area contributed by atoms with E-state index < -0.39 is 30.2 Å².